The molecule has 162 valence electrons. The van der Waals surface area contributed by atoms with Crippen molar-refractivity contribution in [2.45, 2.75) is 88.7 Å². The minimum atomic E-state index is -3.03. The van der Waals surface area contributed by atoms with Gasteiger partial charge in [-0.05, 0) is 61.5 Å². The third-order valence-electron chi connectivity index (χ3n) is 8.77. The van der Waals surface area contributed by atoms with E-state index in [2.05, 4.69) is 6.08 Å². The van der Waals surface area contributed by atoms with Crippen LogP contribution in [-0.2, 0) is 9.47 Å². The van der Waals surface area contributed by atoms with Crippen molar-refractivity contribution >= 4 is 0 Å². The van der Waals surface area contributed by atoms with Crippen LogP contribution in [-0.4, -0.2) is 42.3 Å². The van der Waals surface area contributed by atoms with E-state index in [0.717, 1.165) is 38.5 Å². The van der Waals surface area contributed by atoms with E-state index in [0.29, 0.717) is 32.0 Å². The third-order valence-corrected chi connectivity index (χ3v) is 8.77. The summed E-state index contributed by atoms with van der Waals surface area (Å²) in [4.78, 5) is 0. The first-order chi connectivity index (χ1) is 13.8. The van der Waals surface area contributed by atoms with E-state index in [1.54, 1.807) is 0 Å². The number of ether oxygens (including phenoxy) is 2. The standard InChI is InChI=1S/C23H31F3O3/c1-21-7-4-16-15-5-9-23(28-10-11-29-23)12-14(15)2-3-17(16)18(21)6-8-22(21,27)13-19(24)20(25)26/h4,17-20,27H,2-3,5-13H2,1H3/t17?,18?,19?,21-,22+/m0/s1. The van der Waals surface area contributed by atoms with Crippen molar-refractivity contribution in [3.05, 3.63) is 22.8 Å². The van der Waals surface area contributed by atoms with Crippen LogP contribution in [0.5, 0.6) is 0 Å². The third kappa shape index (κ3) is 2.96. The monoisotopic (exact) mass is 412 g/mol. The number of allylic oxidation sites excluding steroid dienone is 3. The molecule has 0 aromatic heterocycles. The van der Waals surface area contributed by atoms with Gasteiger partial charge < -0.3 is 14.6 Å². The summed E-state index contributed by atoms with van der Waals surface area (Å²) in [5.41, 5.74) is 2.40. The summed E-state index contributed by atoms with van der Waals surface area (Å²) in [5, 5.41) is 11.3. The van der Waals surface area contributed by atoms with Crippen molar-refractivity contribution in [1.29, 1.82) is 0 Å². The number of hydrogen-bond acceptors (Lipinski definition) is 3. The van der Waals surface area contributed by atoms with Crippen LogP contribution in [0.4, 0.5) is 13.2 Å². The van der Waals surface area contributed by atoms with Crippen molar-refractivity contribution in [3.8, 4) is 0 Å². The van der Waals surface area contributed by atoms with E-state index in [9.17, 15) is 18.3 Å². The lowest BCUT2D eigenvalue weighted by atomic mass is 9.55. The largest absolute Gasteiger partial charge is 0.389 e. The van der Waals surface area contributed by atoms with Gasteiger partial charge in [-0.3, -0.25) is 0 Å². The zero-order valence-electron chi connectivity index (χ0n) is 17.1. The molecule has 1 N–H and O–H groups in total. The van der Waals surface area contributed by atoms with Crippen molar-refractivity contribution in [2.24, 2.45) is 17.3 Å². The van der Waals surface area contributed by atoms with E-state index in [-0.39, 0.29) is 5.92 Å². The minimum Gasteiger partial charge on any atom is -0.389 e. The van der Waals surface area contributed by atoms with Gasteiger partial charge in [0.15, 0.2) is 12.0 Å². The Balaban J connectivity index is 1.42. The molecule has 0 bridgehead atoms. The molecular formula is C23H31F3O3. The second-order valence-corrected chi connectivity index (χ2v) is 10.0. The zero-order chi connectivity index (χ0) is 20.4. The highest BCUT2D eigenvalue weighted by Crippen LogP contribution is 2.64. The molecule has 1 heterocycles. The molecule has 0 radical (unpaired) electrons. The Morgan fingerprint density at radius 2 is 1.90 bits per heavy atom. The fourth-order valence-electron chi connectivity index (χ4n) is 7.14. The van der Waals surface area contributed by atoms with Crippen LogP contribution >= 0.6 is 0 Å². The fourth-order valence-corrected chi connectivity index (χ4v) is 7.14. The van der Waals surface area contributed by atoms with Crippen LogP contribution in [0.3, 0.4) is 0 Å². The zero-order valence-corrected chi connectivity index (χ0v) is 17.1. The van der Waals surface area contributed by atoms with E-state index in [1.807, 2.05) is 6.92 Å². The molecule has 29 heavy (non-hydrogen) atoms. The van der Waals surface area contributed by atoms with Gasteiger partial charge in [0, 0.05) is 24.7 Å². The molecule has 1 spiro atoms. The number of halogens is 3. The molecule has 1 saturated heterocycles. The maximum atomic E-state index is 13.9. The molecule has 0 aromatic carbocycles. The van der Waals surface area contributed by atoms with Crippen molar-refractivity contribution < 1.29 is 27.8 Å². The van der Waals surface area contributed by atoms with Gasteiger partial charge in [-0.15, -0.1) is 0 Å². The van der Waals surface area contributed by atoms with E-state index < -0.39 is 35.8 Å². The van der Waals surface area contributed by atoms with Crippen LogP contribution in [0.25, 0.3) is 0 Å². The maximum Gasteiger partial charge on any atom is 0.269 e. The van der Waals surface area contributed by atoms with Gasteiger partial charge in [0.25, 0.3) is 6.43 Å². The van der Waals surface area contributed by atoms with E-state index >= 15 is 0 Å². The van der Waals surface area contributed by atoms with Crippen LogP contribution in [0, 0.1) is 17.3 Å². The minimum absolute atomic E-state index is 0.223. The van der Waals surface area contributed by atoms with Crippen molar-refractivity contribution in [1.82, 2.24) is 0 Å². The molecule has 2 fully saturated rings. The number of fused-ring (bicyclic) bond motifs is 4. The maximum absolute atomic E-state index is 13.9. The topological polar surface area (TPSA) is 38.7 Å². The molecule has 0 amide bonds. The highest BCUT2D eigenvalue weighted by molar-refractivity contribution is 5.45. The fraction of sp³-hybridized carbons (Fsp3) is 0.826. The number of aliphatic hydroxyl groups is 1. The average molecular weight is 412 g/mol. The lowest BCUT2D eigenvalue weighted by molar-refractivity contribution is -0.164. The molecular weight excluding hydrogens is 381 g/mol. The Morgan fingerprint density at radius 1 is 1.14 bits per heavy atom. The Bertz CT molecular complexity index is 742. The summed E-state index contributed by atoms with van der Waals surface area (Å²) in [6.07, 6.45) is 2.97. The normalized spacial score (nSPS) is 41.9. The Hall–Kier alpha value is -0.850. The van der Waals surface area contributed by atoms with E-state index in [1.165, 1.54) is 16.7 Å². The lowest BCUT2D eigenvalue weighted by Gasteiger charge is -2.51. The predicted molar refractivity (Wildman–Crippen MR) is 102 cm³/mol. The summed E-state index contributed by atoms with van der Waals surface area (Å²) < 4.78 is 51.5. The molecule has 0 aromatic rings. The average Bonchev–Trinajstić information content (AvgIpc) is 3.24. The molecule has 3 nitrogen and oxygen atoms in total. The number of alkyl halides is 3. The highest BCUT2D eigenvalue weighted by atomic mass is 19.3. The molecule has 4 aliphatic carbocycles. The SMILES string of the molecule is C[C@]12CC=C3C4=C(CCC3C1CC[C@@]2(O)CC(F)C(F)F)CC1(CC4)OCCO1. The van der Waals surface area contributed by atoms with Crippen molar-refractivity contribution in [3.63, 3.8) is 0 Å². The summed E-state index contributed by atoms with van der Waals surface area (Å²) in [6, 6.07) is 0. The number of hydrogen-bond donors (Lipinski definition) is 1. The van der Waals surface area contributed by atoms with Crippen LogP contribution in [0.2, 0.25) is 0 Å². The quantitative estimate of drug-likeness (QED) is 0.702. The highest BCUT2D eigenvalue weighted by Gasteiger charge is 2.61. The van der Waals surface area contributed by atoms with Gasteiger partial charge >= 0.3 is 0 Å². The van der Waals surface area contributed by atoms with Crippen LogP contribution in [0.15, 0.2) is 22.8 Å². The number of rotatable bonds is 3. The smallest absolute Gasteiger partial charge is 0.269 e. The van der Waals surface area contributed by atoms with Gasteiger partial charge in [0.2, 0.25) is 0 Å². The Labute approximate surface area is 170 Å². The second-order valence-electron chi connectivity index (χ2n) is 10.0. The molecule has 5 aliphatic rings. The van der Waals surface area contributed by atoms with Gasteiger partial charge in [-0.1, -0.05) is 18.6 Å². The predicted octanol–water partition coefficient (Wildman–Crippen LogP) is 5.09. The molecule has 6 heteroatoms. The molecule has 1 saturated carbocycles. The second kappa shape index (κ2) is 6.83. The van der Waals surface area contributed by atoms with Gasteiger partial charge in [-0.25, -0.2) is 13.2 Å². The first kappa shape index (κ1) is 20.1. The molecule has 1 aliphatic heterocycles. The van der Waals surface area contributed by atoms with Crippen LogP contribution in [0.1, 0.15) is 64.7 Å². The summed E-state index contributed by atoms with van der Waals surface area (Å²) in [7, 11) is 0. The molecule has 5 atom stereocenters. The first-order valence-electron chi connectivity index (χ1n) is 11.1. The summed E-state index contributed by atoms with van der Waals surface area (Å²) in [5.74, 6) is 0.140. The van der Waals surface area contributed by atoms with Crippen LogP contribution < -0.4 is 0 Å². The Kier molecular flexibility index (Phi) is 4.73. The molecule has 5 rings (SSSR count). The van der Waals surface area contributed by atoms with Gasteiger partial charge in [-0.2, -0.15) is 0 Å². The summed E-state index contributed by atoms with van der Waals surface area (Å²) in [6.45, 7) is 3.33. The van der Waals surface area contributed by atoms with E-state index in [4.69, 9.17) is 9.47 Å². The molecule has 3 unspecified atom stereocenters. The van der Waals surface area contributed by atoms with Crippen molar-refractivity contribution in [2.75, 3.05) is 13.2 Å². The first-order valence-corrected chi connectivity index (χ1v) is 11.1. The van der Waals surface area contributed by atoms with Gasteiger partial charge in [0.05, 0.1) is 18.8 Å². The Morgan fingerprint density at radius 3 is 2.62 bits per heavy atom. The lowest BCUT2D eigenvalue weighted by Crippen LogP contribution is -2.50. The summed E-state index contributed by atoms with van der Waals surface area (Å²) >= 11 is 0. The van der Waals surface area contributed by atoms with Gasteiger partial charge in [0.1, 0.15) is 0 Å².